The molecule has 4 rings (SSSR count). The zero-order valence-corrected chi connectivity index (χ0v) is 22.9. The molecule has 3 nitrogen and oxygen atoms in total. The number of hydrogen-bond donors (Lipinski definition) is 0. The highest BCUT2D eigenvalue weighted by atomic mass is 16.5. The van der Waals surface area contributed by atoms with Gasteiger partial charge in [0.1, 0.15) is 11.5 Å². The van der Waals surface area contributed by atoms with Gasteiger partial charge in [0.25, 0.3) is 0 Å². The standard InChI is InChI=1S/C34H39NO2/c1-25-26(2)34(37-5)32(27(3)33(25)36-4)31-20-12-18-28(22-31)19-13-21-35(23-29-14-8-6-9-15-29)24-30-16-10-7-11-17-30/h6-12,14-18,20,22H,13,19,21,23-24H2,1-5H3. The summed E-state index contributed by atoms with van der Waals surface area (Å²) in [7, 11) is 3.51. The van der Waals surface area contributed by atoms with Gasteiger partial charge < -0.3 is 9.47 Å². The Morgan fingerprint density at radius 2 is 1.14 bits per heavy atom. The van der Waals surface area contributed by atoms with E-state index < -0.39 is 0 Å². The minimum absolute atomic E-state index is 0.935. The molecule has 0 N–H and O–H groups in total. The van der Waals surface area contributed by atoms with Crippen molar-refractivity contribution in [2.75, 3.05) is 20.8 Å². The molecule has 0 spiro atoms. The maximum Gasteiger partial charge on any atom is 0.130 e. The van der Waals surface area contributed by atoms with Gasteiger partial charge in [-0.15, -0.1) is 0 Å². The van der Waals surface area contributed by atoms with E-state index in [9.17, 15) is 0 Å². The first-order valence-corrected chi connectivity index (χ1v) is 13.1. The maximum absolute atomic E-state index is 5.90. The second-order valence-corrected chi connectivity index (χ2v) is 9.80. The predicted molar refractivity (Wildman–Crippen MR) is 155 cm³/mol. The zero-order valence-electron chi connectivity index (χ0n) is 22.9. The van der Waals surface area contributed by atoms with E-state index in [0.29, 0.717) is 0 Å². The number of nitrogens with zero attached hydrogens (tertiary/aromatic N) is 1. The lowest BCUT2D eigenvalue weighted by Gasteiger charge is -2.23. The summed E-state index contributed by atoms with van der Waals surface area (Å²) in [5.74, 6) is 1.88. The number of rotatable bonds is 11. The summed E-state index contributed by atoms with van der Waals surface area (Å²) in [6.07, 6.45) is 2.12. The van der Waals surface area contributed by atoms with Crippen molar-refractivity contribution in [3.63, 3.8) is 0 Å². The quantitative estimate of drug-likeness (QED) is 0.212. The highest BCUT2D eigenvalue weighted by Crippen LogP contribution is 2.43. The molecule has 0 aliphatic carbocycles. The molecule has 0 aliphatic heterocycles. The highest BCUT2D eigenvalue weighted by Gasteiger charge is 2.20. The molecule has 4 aromatic carbocycles. The van der Waals surface area contributed by atoms with Crippen LogP contribution >= 0.6 is 0 Å². The van der Waals surface area contributed by atoms with E-state index in [-0.39, 0.29) is 0 Å². The van der Waals surface area contributed by atoms with Crippen LogP contribution < -0.4 is 9.47 Å². The third-order valence-corrected chi connectivity index (χ3v) is 7.25. The van der Waals surface area contributed by atoms with E-state index in [1.807, 2.05) is 0 Å². The normalized spacial score (nSPS) is 11.1. The van der Waals surface area contributed by atoms with Crippen LogP contribution in [0.4, 0.5) is 0 Å². The first-order valence-electron chi connectivity index (χ1n) is 13.1. The fourth-order valence-electron chi connectivity index (χ4n) is 5.29. The smallest absolute Gasteiger partial charge is 0.130 e. The molecule has 0 fully saturated rings. The van der Waals surface area contributed by atoms with Crippen LogP contribution in [-0.4, -0.2) is 25.7 Å². The van der Waals surface area contributed by atoms with Gasteiger partial charge in [0.15, 0.2) is 0 Å². The predicted octanol–water partition coefficient (Wildman–Crippen LogP) is 7.93. The molecule has 0 saturated heterocycles. The molecule has 0 bridgehead atoms. The van der Waals surface area contributed by atoms with Crippen molar-refractivity contribution in [3.8, 4) is 22.6 Å². The highest BCUT2D eigenvalue weighted by molar-refractivity contribution is 5.79. The summed E-state index contributed by atoms with van der Waals surface area (Å²) in [6, 6.07) is 30.4. The molecule has 0 unspecified atom stereocenters. The fraction of sp³-hybridized carbons (Fsp3) is 0.294. The van der Waals surface area contributed by atoms with Crippen LogP contribution in [0.5, 0.6) is 11.5 Å². The lowest BCUT2D eigenvalue weighted by atomic mass is 9.91. The van der Waals surface area contributed by atoms with Crippen molar-refractivity contribution < 1.29 is 9.47 Å². The molecule has 0 saturated carbocycles. The Hall–Kier alpha value is -3.56. The van der Waals surface area contributed by atoms with Crippen molar-refractivity contribution in [1.82, 2.24) is 4.90 Å². The van der Waals surface area contributed by atoms with E-state index in [1.165, 1.54) is 22.3 Å². The number of benzene rings is 4. The van der Waals surface area contributed by atoms with Crippen LogP contribution in [-0.2, 0) is 19.5 Å². The number of ether oxygens (including phenoxy) is 2. The first kappa shape index (κ1) is 26.5. The fourth-order valence-corrected chi connectivity index (χ4v) is 5.29. The van der Waals surface area contributed by atoms with Crippen LogP contribution in [0.1, 0.15) is 39.8 Å². The van der Waals surface area contributed by atoms with Crippen molar-refractivity contribution in [2.24, 2.45) is 0 Å². The van der Waals surface area contributed by atoms with Crippen molar-refractivity contribution in [3.05, 3.63) is 118 Å². The van der Waals surface area contributed by atoms with Gasteiger partial charge in [-0.05, 0) is 73.5 Å². The maximum atomic E-state index is 5.90. The Labute approximate surface area is 222 Å². The lowest BCUT2D eigenvalue weighted by molar-refractivity contribution is 0.253. The molecule has 0 aliphatic rings. The van der Waals surface area contributed by atoms with Gasteiger partial charge >= 0.3 is 0 Å². The Kier molecular flexibility index (Phi) is 9.03. The van der Waals surface area contributed by atoms with Crippen LogP contribution in [0.2, 0.25) is 0 Å². The van der Waals surface area contributed by atoms with Crippen LogP contribution in [0.15, 0.2) is 84.9 Å². The van der Waals surface area contributed by atoms with Gasteiger partial charge in [-0.2, -0.15) is 0 Å². The van der Waals surface area contributed by atoms with Gasteiger partial charge in [-0.25, -0.2) is 0 Å². The molecule has 4 aromatic rings. The van der Waals surface area contributed by atoms with Gasteiger partial charge in [-0.1, -0.05) is 84.9 Å². The Bertz CT molecular complexity index is 1260. The molecular weight excluding hydrogens is 454 g/mol. The lowest BCUT2D eigenvalue weighted by Crippen LogP contribution is -2.24. The SMILES string of the molecule is COc1c(C)c(C)c(OC)c(-c2cccc(CCCN(Cc3ccccc3)Cc3ccccc3)c2)c1C. The Morgan fingerprint density at radius 3 is 1.70 bits per heavy atom. The van der Waals surface area contributed by atoms with E-state index in [2.05, 4.69) is 111 Å². The topological polar surface area (TPSA) is 21.7 Å². The second-order valence-electron chi connectivity index (χ2n) is 9.80. The largest absolute Gasteiger partial charge is 0.496 e. The van der Waals surface area contributed by atoms with Crippen LogP contribution in [0.25, 0.3) is 11.1 Å². The molecule has 37 heavy (non-hydrogen) atoms. The average molecular weight is 494 g/mol. The minimum atomic E-state index is 0.935. The molecule has 3 heteroatoms. The summed E-state index contributed by atoms with van der Waals surface area (Å²) >= 11 is 0. The van der Waals surface area contributed by atoms with E-state index in [1.54, 1.807) is 14.2 Å². The monoisotopic (exact) mass is 493 g/mol. The summed E-state index contributed by atoms with van der Waals surface area (Å²) in [6.45, 7) is 9.27. The molecule has 0 amide bonds. The summed E-state index contributed by atoms with van der Waals surface area (Å²) in [5.41, 5.74) is 9.74. The van der Waals surface area contributed by atoms with Gasteiger partial charge in [0.05, 0.1) is 14.2 Å². The molecule has 0 radical (unpaired) electrons. The Morgan fingerprint density at radius 1 is 0.595 bits per heavy atom. The third kappa shape index (κ3) is 6.42. The van der Waals surface area contributed by atoms with E-state index in [0.717, 1.165) is 66.2 Å². The molecular formula is C34H39NO2. The number of methoxy groups -OCH3 is 2. The molecule has 192 valence electrons. The van der Waals surface area contributed by atoms with Crippen molar-refractivity contribution in [2.45, 2.75) is 46.7 Å². The average Bonchev–Trinajstić information content (AvgIpc) is 2.92. The molecule has 0 aromatic heterocycles. The molecule has 0 atom stereocenters. The summed E-state index contributed by atoms with van der Waals surface area (Å²) in [4.78, 5) is 2.55. The first-order chi connectivity index (χ1) is 18.0. The Balaban J connectivity index is 1.52. The number of hydrogen-bond acceptors (Lipinski definition) is 3. The van der Waals surface area contributed by atoms with Gasteiger partial charge in [0, 0.05) is 24.2 Å². The van der Waals surface area contributed by atoms with Crippen molar-refractivity contribution >= 4 is 0 Å². The summed E-state index contributed by atoms with van der Waals surface area (Å²) in [5, 5.41) is 0. The molecule has 0 heterocycles. The van der Waals surface area contributed by atoms with E-state index in [4.69, 9.17) is 9.47 Å². The minimum Gasteiger partial charge on any atom is -0.496 e. The summed E-state index contributed by atoms with van der Waals surface area (Å²) < 4.78 is 11.7. The third-order valence-electron chi connectivity index (χ3n) is 7.25. The van der Waals surface area contributed by atoms with Crippen LogP contribution in [0, 0.1) is 20.8 Å². The van der Waals surface area contributed by atoms with Gasteiger partial charge in [-0.3, -0.25) is 4.90 Å². The van der Waals surface area contributed by atoms with Crippen LogP contribution in [0.3, 0.4) is 0 Å². The second kappa shape index (κ2) is 12.6. The zero-order chi connectivity index (χ0) is 26.2. The van der Waals surface area contributed by atoms with Gasteiger partial charge in [0.2, 0.25) is 0 Å². The van der Waals surface area contributed by atoms with E-state index >= 15 is 0 Å². The number of aryl methyl sites for hydroxylation is 1. The van der Waals surface area contributed by atoms with Crippen molar-refractivity contribution in [1.29, 1.82) is 0 Å².